The van der Waals surface area contributed by atoms with Gasteiger partial charge in [0.1, 0.15) is 17.1 Å². The SMILES string of the molecule is CCCCCOc1ccc(C=c2oc3cccc4c(OC)ccc(c2=O)c34)cc1. The van der Waals surface area contributed by atoms with Crippen LogP contribution in [0.3, 0.4) is 0 Å². The highest BCUT2D eigenvalue weighted by atomic mass is 16.5. The van der Waals surface area contributed by atoms with E-state index in [-0.39, 0.29) is 5.43 Å². The van der Waals surface area contributed by atoms with E-state index in [9.17, 15) is 4.79 Å². The molecular formula is C25H24O4. The zero-order valence-corrected chi connectivity index (χ0v) is 16.7. The minimum absolute atomic E-state index is 0.128. The van der Waals surface area contributed by atoms with Crippen LogP contribution < -0.4 is 20.3 Å². The molecular weight excluding hydrogens is 364 g/mol. The van der Waals surface area contributed by atoms with Gasteiger partial charge in [-0.05, 0) is 48.4 Å². The fourth-order valence-electron chi connectivity index (χ4n) is 3.54. The van der Waals surface area contributed by atoms with Gasteiger partial charge in [0.05, 0.1) is 13.7 Å². The zero-order valence-electron chi connectivity index (χ0n) is 16.7. The average Bonchev–Trinajstić information content (AvgIpc) is 2.75. The van der Waals surface area contributed by atoms with E-state index in [1.165, 1.54) is 12.8 Å². The fraction of sp³-hybridized carbons (Fsp3) is 0.240. The van der Waals surface area contributed by atoms with E-state index in [0.29, 0.717) is 16.4 Å². The lowest BCUT2D eigenvalue weighted by molar-refractivity contribution is 0.306. The van der Waals surface area contributed by atoms with Crippen LogP contribution in [0.25, 0.3) is 27.8 Å². The normalized spacial score (nSPS) is 12.0. The van der Waals surface area contributed by atoms with Crippen LogP contribution in [0.2, 0.25) is 0 Å². The maximum Gasteiger partial charge on any atom is 0.228 e. The topological polar surface area (TPSA) is 48.7 Å². The van der Waals surface area contributed by atoms with E-state index in [1.807, 2.05) is 48.5 Å². The largest absolute Gasteiger partial charge is 0.496 e. The molecule has 0 aliphatic rings. The van der Waals surface area contributed by atoms with E-state index in [1.54, 1.807) is 19.3 Å². The average molecular weight is 388 g/mol. The number of methoxy groups -OCH3 is 1. The predicted octanol–water partition coefficient (Wildman–Crippen LogP) is 5.07. The van der Waals surface area contributed by atoms with Gasteiger partial charge in [0.25, 0.3) is 0 Å². The molecule has 0 aliphatic carbocycles. The summed E-state index contributed by atoms with van der Waals surface area (Å²) in [6, 6.07) is 17.1. The summed E-state index contributed by atoms with van der Waals surface area (Å²) in [6.07, 6.45) is 5.17. The van der Waals surface area contributed by atoms with Gasteiger partial charge in [-0.15, -0.1) is 0 Å². The first kappa shape index (κ1) is 19.1. The standard InChI is InChI=1S/C25H24O4/c1-3-4-5-15-28-18-11-9-17(10-12-18)16-23-25(26)20-13-14-21(27-2)19-7-6-8-22(29-23)24(19)20/h6-14,16H,3-5,15H2,1-2H3. The van der Waals surface area contributed by atoms with Gasteiger partial charge in [0, 0.05) is 16.2 Å². The van der Waals surface area contributed by atoms with Crippen LogP contribution in [-0.4, -0.2) is 13.7 Å². The number of rotatable bonds is 7. The third-order valence-corrected chi connectivity index (χ3v) is 5.07. The molecule has 0 fully saturated rings. The summed E-state index contributed by atoms with van der Waals surface area (Å²) >= 11 is 0. The highest BCUT2D eigenvalue weighted by Crippen LogP contribution is 2.31. The quantitative estimate of drug-likeness (QED) is 0.415. The third kappa shape index (κ3) is 3.83. The van der Waals surface area contributed by atoms with Gasteiger partial charge < -0.3 is 13.9 Å². The van der Waals surface area contributed by atoms with Gasteiger partial charge >= 0.3 is 0 Å². The summed E-state index contributed by atoms with van der Waals surface area (Å²) in [5, 5.41) is 2.30. The smallest absolute Gasteiger partial charge is 0.228 e. The molecule has 0 saturated carbocycles. The van der Waals surface area contributed by atoms with Crippen LogP contribution in [0.15, 0.2) is 63.8 Å². The van der Waals surface area contributed by atoms with Crippen molar-refractivity contribution < 1.29 is 13.9 Å². The Kier molecular flexibility index (Phi) is 5.52. The van der Waals surface area contributed by atoms with Crippen molar-refractivity contribution in [3.8, 4) is 11.5 Å². The van der Waals surface area contributed by atoms with Crippen LogP contribution in [0, 0.1) is 0 Å². The van der Waals surface area contributed by atoms with Crippen molar-refractivity contribution in [3.63, 3.8) is 0 Å². The molecule has 0 N–H and O–H groups in total. The van der Waals surface area contributed by atoms with Crippen LogP contribution in [0.5, 0.6) is 11.5 Å². The van der Waals surface area contributed by atoms with E-state index in [0.717, 1.165) is 40.9 Å². The van der Waals surface area contributed by atoms with Gasteiger partial charge in [-0.25, -0.2) is 0 Å². The van der Waals surface area contributed by atoms with E-state index in [2.05, 4.69) is 6.92 Å². The number of hydrogen-bond donors (Lipinski definition) is 0. The summed E-state index contributed by atoms with van der Waals surface area (Å²) in [5.74, 6) is 1.56. The van der Waals surface area contributed by atoms with Crippen LogP contribution in [0.4, 0.5) is 0 Å². The molecule has 0 atom stereocenters. The fourth-order valence-corrected chi connectivity index (χ4v) is 3.54. The zero-order chi connectivity index (χ0) is 20.2. The lowest BCUT2D eigenvalue weighted by Gasteiger charge is -2.08. The van der Waals surface area contributed by atoms with Crippen LogP contribution in [0.1, 0.15) is 31.7 Å². The molecule has 0 spiro atoms. The van der Waals surface area contributed by atoms with E-state index in [4.69, 9.17) is 13.9 Å². The molecule has 0 amide bonds. The molecule has 4 rings (SSSR count). The van der Waals surface area contributed by atoms with Crippen molar-refractivity contribution in [1.82, 2.24) is 0 Å². The highest BCUT2D eigenvalue weighted by molar-refractivity contribution is 6.09. The van der Waals surface area contributed by atoms with Gasteiger partial charge in [0.2, 0.25) is 5.43 Å². The van der Waals surface area contributed by atoms with Crippen LogP contribution >= 0.6 is 0 Å². The molecule has 3 aromatic carbocycles. The molecule has 29 heavy (non-hydrogen) atoms. The Labute approximate surface area is 169 Å². The lowest BCUT2D eigenvalue weighted by Crippen LogP contribution is -2.24. The Bertz CT molecular complexity index is 1240. The molecule has 4 nitrogen and oxygen atoms in total. The molecule has 1 heterocycles. The maximum atomic E-state index is 13.0. The summed E-state index contributed by atoms with van der Waals surface area (Å²) < 4.78 is 17.1. The second-order valence-electron chi connectivity index (χ2n) is 7.06. The summed E-state index contributed by atoms with van der Waals surface area (Å²) in [4.78, 5) is 13.0. The minimum atomic E-state index is -0.128. The molecule has 4 heteroatoms. The van der Waals surface area contributed by atoms with Crippen molar-refractivity contribution in [3.05, 3.63) is 75.8 Å². The van der Waals surface area contributed by atoms with Crippen molar-refractivity contribution in [2.24, 2.45) is 0 Å². The molecule has 0 saturated heterocycles. The number of ether oxygens (including phenoxy) is 2. The maximum absolute atomic E-state index is 13.0. The number of unbranched alkanes of at least 4 members (excludes halogenated alkanes) is 2. The Morgan fingerprint density at radius 2 is 1.79 bits per heavy atom. The highest BCUT2D eigenvalue weighted by Gasteiger charge is 2.12. The Hall–Kier alpha value is -3.27. The second-order valence-corrected chi connectivity index (χ2v) is 7.06. The van der Waals surface area contributed by atoms with E-state index < -0.39 is 0 Å². The minimum Gasteiger partial charge on any atom is -0.496 e. The van der Waals surface area contributed by atoms with Crippen molar-refractivity contribution in [2.75, 3.05) is 13.7 Å². The van der Waals surface area contributed by atoms with E-state index >= 15 is 0 Å². The predicted molar refractivity (Wildman–Crippen MR) is 117 cm³/mol. The Morgan fingerprint density at radius 1 is 0.966 bits per heavy atom. The molecule has 0 unspecified atom stereocenters. The molecule has 0 radical (unpaired) electrons. The molecule has 0 bridgehead atoms. The summed E-state index contributed by atoms with van der Waals surface area (Å²) in [6.45, 7) is 2.90. The van der Waals surface area contributed by atoms with Gasteiger partial charge in [-0.3, -0.25) is 4.79 Å². The van der Waals surface area contributed by atoms with Gasteiger partial charge in [-0.1, -0.05) is 44.0 Å². The first-order chi connectivity index (χ1) is 14.2. The number of hydrogen-bond acceptors (Lipinski definition) is 4. The lowest BCUT2D eigenvalue weighted by atomic mass is 10.0. The molecule has 1 aromatic heterocycles. The summed E-state index contributed by atoms with van der Waals surface area (Å²) in [5.41, 5.74) is 1.74. The monoisotopic (exact) mass is 388 g/mol. The first-order valence-electron chi connectivity index (χ1n) is 9.98. The van der Waals surface area contributed by atoms with Gasteiger partial charge in [0.15, 0.2) is 5.42 Å². The Balaban J connectivity index is 1.72. The van der Waals surface area contributed by atoms with Crippen molar-refractivity contribution in [1.29, 1.82) is 0 Å². The number of benzene rings is 3. The first-order valence-corrected chi connectivity index (χ1v) is 9.98. The Morgan fingerprint density at radius 3 is 2.55 bits per heavy atom. The molecule has 148 valence electrons. The molecule has 0 aliphatic heterocycles. The third-order valence-electron chi connectivity index (χ3n) is 5.07. The van der Waals surface area contributed by atoms with Gasteiger partial charge in [-0.2, -0.15) is 0 Å². The van der Waals surface area contributed by atoms with Crippen molar-refractivity contribution in [2.45, 2.75) is 26.2 Å². The van der Waals surface area contributed by atoms with Crippen LogP contribution in [-0.2, 0) is 0 Å². The second kappa shape index (κ2) is 8.39. The molecule has 4 aromatic rings. The summed E-state index contributed by atoms with van der Waals surface area (Å²) in [7, 11) is 1.62. The van der Waals surface area contributed by atoms with Crippen molar-refractivity contribution >= 4 is 27.8 Å².